The predicted octanol–water partition coefficient (Wildman–Crippen LogP) is 6.92. The van der Waals surface area contributed by atoms with E-state index in [0.717, 1.165) is 21.3 Å². The third-order valence-electron chi connectivity index (χ3n) is 8.21. The van der Waals surface area contributed by atoms with Gasteiger partial charge in [-0.3, -0.25) is 0 Å². The van der Waals surface area contributed by atoms with E-state index in [1.807, 2.05) is 13.8 Å². The second kappa shape index (κ2) is 4.21. The summed E-state index contributed by atoms with van der Waals surface area (Å²) in [6.45, 7) is 17.1. The molecule has 4 heteroatoms. The summed E-state index contributed by atoms with van der Waals surface area (Å²) in [5, 5.41) is 4.16. The minimum Gasteiger partial charge on any atom is -0.314 e. The van der Waals surface area contributed by atoms with Crippen LogP contribution in [-0.4, -0.2) is 12.3 Å². The molecule has 0 aromatic heterocycles. The van der Waals surface area contributed by atoms with Gasteiger partial charge in [0.15, 0.2) is 0 Å². The fourth-order valence-corrected chi connectivity index (χ4v) is 15.1. The molecule has 0 N–H and O–H groups in total. The minimum atomic E-state index is -2.58. The zero-order valence-corrected chi connectivity index (χ0v) is 17.9. The Bertz CT molecular complexity index is 878. The Morgan fingerprint density at radius 3 is 1.17 bits per heavy atom. The van der Waals surface area contributed by atoms with Crippen LogP contribution in [-0.2, 0) is 9.13 Å². The summed E-state index contributed by atoms with van der Waals surface area (Å²) < 4.78 is 28.1. The number of hydrogen-bond acceptors (Lipinski definition) is 2. The highest BCUT2D eigenvalue weighted by Crippen LogP contribution is 2.88. The molecule has 4 aliphatic heterocycles. The van der Waals surface area contributed by atoms with Crippen LogP contribution < -0.4 is 0 Å². The summed E-state index contributed by atoms with van der Waals surface area (Å²) in [5.74, 6) is 0. The number of allylic oxidation sites excluding steroid dienone is 8. The first-order chi connectivity index (χ1) is 10.9. The molecule has 4 bridgehead atoms. The monoisotopic (exact) mass is 362 g/mol. The van der Waals surface area contributed by atoms with Crippen molar-refractivity contribution in [1.29, 1.82) is 0 Å². The fourth-order valence-electron chi connectivity index (χ4n) is 5.76. The Morgan fingerprint density at radius 2 is 0.917 bits per heavy atom. The van der Waals surface area contributed by atoms with E-state index < -0.39 is 14.3 Å². The van der Waals surface area contributed by atoms with Gasteiger partial charge in [0.25, 0.3) is 0 Å². The second-order valence-electron chi connectivity index (χ2n) is 8.83. The highest BCUT2D eigenvalue weighted by Gasteiger charge is 2.63. The van der Waals surface area contributed by atoms with Crippen molar-refractivity contribution in [2.24, 2.45) is 10.8 Å². The SMILES string of the molecule is CC1=C(C)[P@]2(=O)C[C@@]1(C)C(C)=C2C1=C(C)[C@@]2(C)C[P@]1(=O)C(C)=C2C. The van der Waals surface area contributed by atoms with Crippen LogP contribution in [0.5, 0.6) is 0 Å². The lowest BCUT2D eigenvalue weighted by Crippen LogP contribution is -2.19. The Hall–Kier alpha value is -0.580. The van der Waals surface area contributed by atoms with E-state index in [9.17, 15) is 9.13 Å². The first-order valence-electron chi connectivity index (χ1n) is 8.85. The van der Waals surface area contributed by atoms with Crippen LogP contribution in [0.15, 0.2) is 43.5 Å². The normalized spacial score (nSPS) is 47.2. The lowest BCUT2D eigenvalue weighted by Gasteiger charge is -2.32. The average Bonchev–Trinajstić information content (AvgIpc) is 2.98. The van der Waals surface area contributed by atoms with Crippen molar-refractivity contribution in [3.8, 4) is 0 Å². The van der Waals surface area contributed by atoms with E-state index in [2.05, 4.69) is 41.5 Å². The molecule has 130 valence electrons. The van der Waals surface area contributed by atoms with Crippen LogP contribution in [0.4, 0.5) is 0 Å². The highest BCUT2D eigenvalue weighted by molar-refractivity contribution is 7.79. The van der Waals surface area contributed by atoms with E-state index in [0.29, 0.717) is 12.3 Å². The maximum Gasteiger partial charge on any atom is 0.141 e. The molecule has 0 aromatic rings. The van der Waals surface area contributed by atoms with E-state index in [4.69, 9.17) is 0 Å². The van der Waals surface area contributed by atoms with Gasteiger partial charge in [-0.2, -0.15) is 0 Å². The standard InChI is InChI=1S/C20H28O2P2/c1-11-15(5)23(21)9-19(11,7)13(3)17(23)18-14(4)20(8)10-24(18,22)16(6)12(20)2/h9-10H2,1-8H3/t19-,20+,23-,24+. The zero-order chi connectivity index (χ0) is 18.0. The van der Waals surface area contributed by atoms with E-state index in [1.165, 1.54) is 22.3 Å². The molecule has 0 saturated heterocycles. The Kier molecular flexibility index (Phi) is 2.96. The van der Waals surface area contributed by atoms with Gasteiger partial charge in [-0.15, -0.1) is 0 Å². The predicted molar refractivity (Wildman–Crippen MR) is 103 cm³/mol. The Labute approximate surface area is 145 Å². The van der Waals surface area contributed by atoms with Crippen molar-refractivity contribution in [2.75, 3.05) is 12.3 Å². The minimum absolute atomic E-state index is 0.0993. The zero-order valence-electron chi connectivity index (χ0n) is 16.1. The van der Waals surface area contributed by atoms with Crippen molar-refractivity contribution in [2.45, 2.75) is 55.4 Å². The molecule has 0 spiro atoms. The second-order valence-corrected chi connectivity index (χ2v) is 14.7. The first-order valence-corrected chi connectivity index (χ1v) is 12.6. The van der Waals surface area contributed by atoms with Crippen LogP contribution in [0.1, 0.15) is 55.4 Å². The smallest absolute Gasteiger partial charge is 0.141 e. The summed E-state index contributed by atoms with van der Waals surface area (Å²) >= 11 is 0. The lowest BCUT2D eigenvalue weighted by molar-refractivity contribution is 0.549. The topological polar surface area (TPSA) is 34.1 Å². The molecule has 4 heterocycles. The molecule has 4 rings (SSSR count). The summed E-state index contributed by atoms with van der Waals surface area (Å²) in [7, 11) is -5.17. The molecule has 0 aliphatic carbocycles. The number of fused-ring (bicyclic) bond motifs is 4. The maximum atomic E-state index is 14.1. The first kappa shape index (κ1) is 16.9. The molecular formula is C20H28O2P2. The maximum absolute atomic E-state index is 14.1. The number of rotatable bonds is 1. The molecule has 0 unspecified atom stereocenters. The van der Waals surface area contributed by atoms with Crippen molar-refractivity contribution in [3.63, 3.8) is 0 Å². The van der Waals surface area contributed by atoms with Gasteiger partial charge in [-0.25, -0.2) is 0 Å². The summed E-state index contributed by atoms with van der Waals surface area (Å²) in [4.78, 5) is 0. The molecule has 4 aliphatic rings. The lowest BCUT2D eigenvalue weighted by atomic mass is 9.76. The van der Waals surface area contributed by atoms with Gasteiger partial charge < -0.3 is 9.13 Å². The number of hydrogen-bond donors (Lipinski definition) is 0. The molecule has 0 fully saturated rings. The van der Waals surface area contributed by atoms with Crippen LogP contribution >= 0.6 is 14.3 Å². The molecular weight excluding hydrogens is 334 g/mol. The Morgan fingerprint density at radius 1 is 0.625 bits per heavy atom. The van der Waals surface area contributed by atoms with Gasteiger partial charge >= 0.3 is 0 Å². The van der Waals surface area contributed by atoms with E-state index >= 15 is 0 Å². The third-order valence-corrected chi connectivity index (χ3v) is 15.9. The molecule has 24 heavy (non-hydrogen) atoms. The van der Waals surface area contributed by atoms with Gasteiger partial charge in [0.1, 0.15) is 14.3 Å². The van der Waals surface area contributed by atoms with Crippen molar-refractivity contribution in [1.82, 2.24) is 0 Å². The van der Waals surface area contributed by atoms with Gasteiger partial charge in [0.2, 0.25) is 0 Å². The van der Waals surface area contributed by atoms with Crippen molar-refractivity contribution < 1.29 is 9.13 Å². The van der Waals surface area contributed by atoms with Gasteiger partial charge in [-0.1, -0.05) is 36.1 Å². The van der Waals surface area contributed by atoms with E-state index in [-0.39, 0.29) is 10.8 Å². The molecule has 0 saturated carbocycles. The van der Waals surface area contributed by atoms with Gasteiger partial charge in [-0.05, 0) is 52.2 Å². The molecule has 2 nitrogen and oxygen atoms in total. The summed E-state index contributed by atoms with van der Waals surface area (Å²) in [5.41, 5.74) is 4.80. The molecule has 4 atom stereocenters. The quantitative estimate of drug-likeness (QED) is 0.475. The van der Waals surface area contributed by atoms with Crippen LogP contribution in [0, 0.1) is 10.8 Å². The van der Waals surface area contributed by atoms with E-state index in [1.54, 1.807) is 0 Å². The molecule has 0 amide bonds. The van der Waals surface area contributed by atoms with Crippen molar-refractivity contribution in [3.05, 3.63) is 43.5 Å². The summed E-state index contributed by atoms with van der Waals surface area (Å²) in [6, 6.07) is 0. The van der Waals surface area contributed by atoms with Gasteiger partial charge in [0, 0.05) is 33.8 Å². The fraction of sp³-hybridized carbons (Fsp3) is 0.600. The molecule has 0 radical (unpaired) electrons. The third kappa shape index (κ3) is 1.42. The highest BCUT2D eigenvalue weighted by atomic mass is 31.2. The summed E-state index contributed by atoms with van der Waals surface area (Å²) in [6.07, 6.45) is 1.43. The van der Waals surface area contributed by atoms with Crippen LogP contribution in [0.2, 0.25) is 0 Å². The Balaban J connectivity index is 2.05. The van der Waals surface area contributed by atoms with Crippen LogP contribution in [0.3, 0.4) is 0 Å². The largest absolute Gasteiger partial charge is 0.314 e. The van der Waals surface area contributed by atoms with Crippen molar-refractivity contribution >= 4 is 14.3 Å². The average molecular weight is 362 g/mol. The van der Waals surface area contributed by atoms with Gasteiger partial charge in [0.05, 0.1) is 0 Å². The van der Waals surface area contributed by atoms with Crippen LogP contribution in [0.25, 0.3) is 0 Å². The molecule has 0 aromatic carbocycles.